The normalized spacial score (nSPS) is 11.4. The van der Waals surface area contributed by atoms with E-state index in [4.69, 9.17) is 5.73 Å². The van der Waals surface area contributed by atoms with Crippen molar-refractivity contribution in [3.8, 4) is 0 Å². The summed E-state index contributed by atoms with van der Waals surface area (Å²) in [5, 5.41) is 0. The van der Waals surface area contributed by atoms with Crippen LogP contribution in [0.5, 0.6) is 0 Å². The van der Waals surface area contributed by atoms with Crippen molar-refractivity contribution in [2.75, 3.05) is 10.5 Å². The molecule has 0 amide bonds. The summed E-state index contributed by atoms with van der Waals surface area (Å²) in [5.74, 6) is -2.35. The molecular weight excluding hydrogens is 368 g/mol. The number of rotatable bonds is 3. The molecule has 2 aromatic rings. The smallest absolute Gasteiger partial charge is 0.264 e. The number of nitrogens with zero attached hydrogens (tertiary/aromatic N) is 1. The van der Waals surface area contributed by atoms with E-state index in [2.05, 4.69) is 25.6 Å². The van der Waals surface area contributed by atoms with Crippen LogP contribution in [0.4, 0.5) is 20.2 Å². The lowest BCUT2D eigenvalue weighted by Crippen LogP contribution is -2.17. The molecule has 0 bridgehead atoms. The van der Waals surface area contributed by atoms with Gasteiger partial charge in [0.15, 0.2) is 5.82 Å². The summed E-state index contributed by atoms with van der Waals surface area (Å²) >= 11 is 3.14. The summed E-state index contributed by atoms with van der Waals surface area (Å²) in [6.07, 6.45) is 0. The number of benzene rings is 1. The van der Waals surface area contributed by atoms with Crippen LogP contribution < -0.4 is 10.5 Å². The molecule has 0 fully saturated rings. The van der Waals surface area contributed by atoms with Crippen molar-refractivity contribution < 1.29 is 17.2 Å². The number of nitrogen functional groups attached to an aromatic ring is 1. The minimum Gasteiger partial charge on any atom is -0.394 e. The zero-order chi connectivity index (χ0) is 15.8. The largest absolute Gasteiger partial charge is 0.394 e. The van der Waals surface area contributed by atoms with E-state index in [0.29, 0.717) is 10.3 Å². The predicted molar refractivity (Wildman–Crippen MR) is 78.3 cm³/mol. The molecule has 0 aliphatic heterocycles. The molecule has 3 N–H and O–H groups in total. The summed E-state index contributed by atoms with van der Waals surface area (Å²) in [6.45, 7) is 1.58. The molecule has 0 atom stereocenters. The number of aromatic nitrogens is 1. The molecule has 5 nitrogen and oxygen atoms in total. The average molecular weight is 378 g/mol. The van der Waals surface area contributed by atoms with Crippen LogP contribution in [-0.4, -0.2) is 13.4 Å². The Bertz CT molecular complexity index is 812. The molecule has 112 valence electrons. The average Bonchev–Trinajstić information content (AvgIpc) is 2.39. The van der Waals surface area contributed by atoms with Crippen molar-refractivity contribution in [3.63, 3.8) is 0 Å². The van der Waals surface area contributed by atoms with Crippen molar-refractivity contribution in [2.45, 2.75) is 11.8 Å². The van der Waals surface area contributed by atoms with Crippen LogP contribution in [0.2, 0.25) is 0 Å². The Kier molecular flexibility index (Phi) is 4.15. The van der Waals surface area contributed by atoms with Gasteiger partial charge in [-0.2, -0.15) is 0 Å². The first-order chi connectivity index (χ1) is 9.72. The summed E-state index contributed by atoms with van der Waals surface area (Å²) in [5.41, 5.74) is 4.89. The van der Waals surface area contributed by atoms with Gasteiger partial charge in [0.1, 0.15) is 21.0 Å². The molecule has 1 aromatic carbocycles. The minimum atomic E-state index is -4.25. The van der Waals surface area contributed by atoms with Crippen molar-refractivity contribution in [1.82, 2.24) is 4.98 Å². The van der Waals surface area contributed by atoms with E-state index in [0.717, 1.165) is 12.1 Å². The van der Waals surface area contributed by atoms with Gasteiger partial charge in [0.05, 0.1) is 11.4 Å². The van der Waals surface area contributed by atoms with E-state index in [1.807, 2.05) is 0 Å². The van der Waals surface area contributed by atoms with Gasteiger partial charge in [0.2, 0.25) is 0 Å². The standard InChI is InChI=1S/C12H10BrF2N3O2S/c1-6-8(3-5-10(13)17-6)18-21(19,20)9-4-2-7(14)12(16)11(9)15/h2-5,18H,16H2,1H3. The van der Waals surface area contributed by atoms with Crippen molar-refractivity contribution in [3.05, 3.63) is 46.2 Å². The first kappa shape index (κ1) is 15.6. The van der Waals surface area contributed by atoms with E-state index < -0.39 is 32.2 Å². The predicted octanol–water partition coefficient (Wildman–Crippen LogP) is 2.81. The first-order valence-corrected chi connectivity index (χ1v) is 7.89. The number of pyridine rings is 1. The first-order valence-electron chi connectivity index (χ1n) is 5.62. The van der Waals surface area contributed by atoms with Crippen LogP contribution in [-0.2, 0) is 10.0 Å². The zero-order valence-electron chi connectivity index (χ0n) is 10.7. The third kappa shape index (κ3) is 3.13. The summed E-state index contributed by atoms with van der Waals surface area (Å²) in [4.78, 5) is 3.28. The van der Waals surface area contributed by atoms with Gasteiger partial charge in [-0.15, -0.1) is 0 Å². The number of hydrogen-bond acceptors (Lipinski definition) is 4. The summed E-state index contributed by atoms with van der Waals surface area (Å²) in [7, 11) is -4.25. The van der Waals surface area contributed by atoms with E-state index >= 15 is 0 Å². The molecule has 2 rings (SSSR count). The van der Waals surface area contributed by atoms with Crippen LogP contribution in [0.15, 0.2) is 33.8 Å². The van der Waals surface area contributed by atoms with Gasteiger partial charge in [0, 0.05) is 0 Å². The highest BCUT2D eigenvalue weighted by molar-refractivity contribution is 9.10. The van der Waals surface area contributed by atoms with Gasteiger partial charge >= 0.3 is 0 Å². The maximum absolute atomic E-state index is 13.8. The molecule has 0 aliphatic rings. The molecule has 0 saturated heterocycles. The fourth-order valence-electron chi connectivity index (χ4n) is 1.59. The highest BCUT2D eigenvalue weighted by Crippen LogP contribution is 2.26. The van der Waals surface area contributed by atoms with Gasteiger partial charge < -0.3 is 5.73 Å². The monoisotopic (exact) mass is 377 g/mol. The second-order valence-electron chi connectivity index (χ2n) is 4.15. The van der Waals surface area contributed by atoms with E-state index in [1.165, 1.54) is 12.1 Å². The van der Waals surface area contributed by atoms with E-state index in [1.54, 1.807) is 6.92 Å². The number of aryl methyl sites for hydroxylation is 1. The van der Waals surface area contributed by atoms with Gasteiger partial charge in [-0.05, 0) is 47.1 Å². The summed E-state index contributed by atoms with van der Waals surface area (Å²) in [6, 6.07) is 4.60. The fourth-order valence-corrected chi connectivity index (χ4v) is 3.20. The van der Waals surface area contributed by atoms with Gasteiger partial charge in [-0.25, -0.2) is 22.2 Å². The molecule has 0 unspecified atom stereocenters. The van der Waals surface area contributed by atoms with Crippen LogP contribution in [0, 0.1) is 18.6 Å². The van der Waals surface area contributed by atoms with Crippen molar-refractivity contribution >= 4 is 37.3 Å². The number of halogens is 3. The van der Waals surface area contributed by atoms with Gasteiger partial charge in [-0.1, -0.05) is 0 Å². The number of nitrogens with one attached hydrogen (secondary N) is 1. The van der Waals surface area contributed by atoms with Crippen molar-refractivity contribution in [1.29, 1.82) is 0 Å². The Labute approximate surface area is 128 Å². The SMILES string of the molecule is Cc1nc(Br)ccc1NS(=O)(=O)c1ccc(F)c(N)c1F. The Hall–Kier alpha value is -1.74. The van der Waals surface area contributed by atoms with Crippen LogP contribution in [0.25, 0.3) is 0 Å². The molecule has 0 spiro atoms. The number of nitrogens with two attached hydrogens (primary N) is 1. The Morgan fingerprint density at radius 2 is 1.90 bits per heavy atom. The molecule has 0 saturated carbocycles. The van der Waals surface area contributed by atoms with E-state index in [9.17, 15) is 17.2 Å². The minimum absolute atomic E-state index is 0.181. The molecule has 9 heteroatoms. The second-order valence-corrected chi connectivity index (χ2v) is 6.61. The highest BCUT2D eigenvalue weighted by Gasteiger charge is 2.23. The number of anilines is 2. The van der Waals surface area contributed by atoms with Crippen LogP contribution in [0.3, 0.4) is 0 Å². The van der Waals surface area contributed by atoms with Gasteiger partial charge in [0.25, 0.3) is 10.0 Å². The molecule has 1 aromatic heterocycles. The second kappa shape index (κ2) is 5.57. The number of hydrogen-bond donors (Lipinski definition) is 2. The molecule has 1 heterocycles. The highest BCUT2D eigenvalue weighted by atomic mass is 79.9. The van der Waals surface area contributed by atoms with Gasteiger partial charge in [-0.3, -0.25) is 4.72 Å². The lowest BCUT2D eigenvalue weighted by Gasteiger charge is -2.11. The van der Waals surface area contributed by atoms with E-state index in [-0.39, 0.29) is 5.69 Å². The molecule has 21 heavy (non-hydrogen) atoms. The third-order valence-corrected chi connectivity index (χ3v) is 4.50. The molecular formula is C12H10BrF2N3O2S. The zero-order valence-corrected chi connectivity index (χ0v) is 13.1. The maximum Gasteiger partial charge on any atom is 0.264 e. The lowest BCUT2D eigenvalue weighted by molar-refractivity contribution is 0.557. The Morgan fingerprint density at radius 3 is 2.52 bits per heavy atom. The molecule has 0 radical (unpaired) electrons. The van der Waals surface area contributed by atoms with Crippen LogP contribution >= 0.6 is 15.9 Å². The van der Waals surface area contributed by atoms with Crippen molar-refractivity contribution in [2.24, 2.45) is 0 Å². The fraction of sp³-hybridized carbons (Fsp3) is 0.0833. The number of sulfonamides is 1. The maximum atomic E-state index is 13.8. The molecule has 0 aliphatic carbocycles. The Balaban J connectivity index is 2.46. The lowest BCUT2D eigenvalue weighted by atomic mass is 10.3. The Morgan fingerprint density at radius 1 is 1.24 bits per heavy atom. The topological polar surface area (TPSA) is 85.1 Å². The van der Waals surface area contributed by atoms with Crippen LogP contribution in [0.1, 0.15) is 5.69 Å². The summed E-state index contributed by atoms with van der Waals surface area (Å²) < 4.78 is 53.9. The third-order valence-electron chi connectivity index (χ3n) is 2.68. The quantitative estimate of drug-likeness (QED) is 0.636.